The first kappa shape index (κ1) is 28.3. The number of sulfonamides is 1. The Labute approximate surface area is 232 Å². The number of carbonyl (C=O) groups is 2. The minimum Gasteiger partial charge on any atom is -0.484 e. The van der Waals surface area contributed by atoms with E-state index in [1.165, 1.54) is 24.6 Å². The summed E-state index contributed by atoms with van der Waals surface area (Å²) in [6, 6.07) is 27.5. The van der Waals surface area contributed by atoms with Crippen molar-refractivity contribution in [2.45, 2.75) is 18.0 Å². The molecule has 0 bridgehead atoms. The Kier molecular flexibility index (Phi) is 9.81. The number of benzene rings is 3. The van der Waals surface area contributed by atoms with Crippen LogP contribution in [0.1, 0.15) is 16.9 Å². The van der Waals surface area contributed by atoms with Crippen molar-refractivity contribution in [3.63, 3.8) is 0 Å². The van der Waals surface area contributed by atoms with Crippen LogP contribution in [0.15, 0.2) is 118 Å². The van der Waals surface area contributed by atoms with Gasteiger partial charge in [0.05, 0.1) is 30.5 Å². The zero-order chi connectivity index (χ0) is 28.2. The molecule has 0 unspecified atom stereocenters. The molecule has 11 heteroatoms. The van der Waals surface area contributed by atoms with Crippen molar-refractivity contribution in [3.05, 3.63) is 120 Å². The van der Waals surface area contributed by atoms with Crippen molar-refractivity contribution in [3.8, 4) is 5.75 Å². The summed E-state index contributed by atoms with van der Waals surface area (Å²) in [7, 11) is -3.97. The van der Waals surface area contributed by atoms with Gasteiger partial charge in [0.15, 0.2) is 6.61 Å². The van der Waals surface area contributed by atoms with E-state index in [1.807, 2.05) is 30.3 Å². The number of hydrazone groups is 1. The lowest BCUT2D eigenvalue weighted by Crippen LogP contribution is -2.38. The molecule has 0 fully saturated rings. The highest BCUT2D eigenvalue weighted by Gasteiger charge is 2.27. The highest BCUT2D eigenvalue weighted by Crippen LogP contribution is 2.18. The van der Waals surface area contributed by atoms with E-state index in [4.69, 9.17) is 9.15 Å². The third kappa shape index (κ3) is 8.38. The molecule has 2 amide bonds. The molecule has 4 rings (SSSR count). The molecule has 2 N–H and O–H groups in total. The smallest absolute Gasteiger partial charge is 0.258 e. The molecule has 1 aromatic heterocycles. The molecule has 0 spiro atoms. The molecule has 0 aliphatic rings. The minimum absolute atomic E-state index is 0.0637. The predicted octanol–water partition coefficient (Wildman–Crippen LogP) is 3.32. The Balaban J connectivity index is 1.27. The number of furan rings is 1. The van der Waals surface area contributed by atoms with Gasteiger partial charge in [0, 0.05) is 6.54 Å². The lowest BCUT2D eigenvalue weighted by atomic mass is 10.2. The van der Waals surface area contributed by atoms with Crippen molar-refractivity contribution in [2.24, 2.45) is 5.10 Å². The number of hydrogen-bond acceptors (Lipinski definition) is 7. The average Bonchev–Trinajstić information content (AvgIpc) is 3.49. The summed E-state index contributed by atoms with van der Waals surface area (Å²) >= 11 is 0. The fraction of sp³-hybridized carbons (Fsp3) is 0.138. The second-order valence-corrected chi connectivity index (χ2v) is 10.5. The van der Waals surface area contributed by atoms with Gasteiger partial charge < -0.3 is 14.5 Å². The standard InChI is InChI=1S/C29H28N4O6S/c34-28(21-33(20-26-10-7-17-38-26)40(36,37)27-11-5-2-6-12-27)32-31-19-24-13-15-25(16-14-24)39-22-29(35)30-18-23-8-3-1-4-9-23/h1-17,19H,18,20-22H2,(H,30,35)(H,32,34)/b31-19+. The van der Waals surface area contributed by atoms with Crippen LogP contribution >= 0.6 is 0 Å². The van der Waals surface area contributed by atoms with E-state index in [0.29, 0.717) is 23.6 Å². The van der Waals surface area contributed by atoms with Crippen molar-refractivity contribution >= 4 is 28.1 Å². The van der Waals surface area contributed by atoms with Crippen LogP contribution in [-0.2, 0) is 32.7 Å². The van der Waals surface area contributed by atoms with Gasteiger partial charge in [-0.1, -0.05) is 48.5 Å². The van der Waals surface area contributed by atoms with Crippen LogP contribution in [0.5, 0.6) is 5.75 Å². The molecule has 0 atom stereocenters. The summed E-state index contributed by atoms with van der Waals surface area (Å²) in [5.74, 6) is 0.0267. The molecule has 40 heavy (non-hydrogen) atoms. The number of nitrogens with zero attached hydrogens (tertiary/aromatic N) is 2. The number of ether oxygens (including phenoxy) is 1. The van der Waals surface area contributed by atoms with Crippen molar-refractivity contribution in [1.82, 2.24) is 15.0 Å². The predicted molar refractivity (Wildman–Crippen MR) is 149 cm³/mol. The molecule has 1 heterocycles. The summed E-state index contributed by atoms with van der Waals surface area (Å²) < 4.78 is 38.1. The third-order valence-electron chi connectivity index (χ3n) is 5.60. The first-order valence-corrected chi connectivity index (χ1v) is 13.8. The van der Waals surface area contributed by atoms with E-state index < -0.39 is 22.5 Å². The Morgan fingerprint density at radius 3 is 2.25 bits per heavy atom. The maximum atomic E-state index is 13.1. The SMILES string of the molecule is O=C(COc1ccc(/C=N/NC(=O)CN(Cc2ccco2)S(=O)(=O)c2ccccc2)cc1)NCc1ccccc1. The minimum atomic E-state index is -3.97. The Morgan fingerprint density at radius 2 is 1.57 bits per heavy atom. The van der Waals surface area contributed by atoms with Crippen molar-refractivity contribution in [2.75, 3.05) is 13.2 Å². The van der Waals surface area contributed by atoms with Gasteiger partial charge in [-0.15, -0.1) is 0 Å². The first-order chi connectivity index (χ1) is 19.4. The van der Waals surface area contributed by atoms with E-state index in [2.05, 4.69) is 15.8 Å². The maximum Gasteiger partial charge on any atom is 0.258 e. The maximum absolute atomic E-state index is 13.1. The van der Waals surface area contributed by atoms with Crippen LogP contribution in [0.25, 0.3) is 0 Å². The summed E-state index contributed by atoms with van der Waals surface area (Å²) in [6.45, 7) is -0.291. The van der Waals surface area contributed by atoms with Crippen LogP contribution < -0.4 is 15.5 Å². The van der Waals surface area contributed by atoms with E-state index in [9.17, 15) is 18.0 Å². The Bertz CT molecular complexity index is 1510. The molecule has 0 aliphatic heterocycles. The highest BCUT2D eigenvalue weighted by atomic mass is 32.2. The second-order valence-electron chi connectivity index (χ2n) is 8.58. The largest absolute Gasteiger partial charge is 0.484 e. The van der Waals surface area contributed by atoms with Crippen LogP contribution in [0.4, 0.5) is 0 Å². The molecule has 4 aromatic rings. The molecular formula is C29H28N4O6S. The Morgan fingerprint density at radius 1 is 0.875 bits per heavy atom. The summed E-state index contributed by atoms with van der Waals surface area (Å²) in [4.78, 5) is 24.7. The normalized spacial score (nSPS) is 11.4. The van der Waals surface area contributed by atoms with Crippen molar-refractivity contribution < 1.29 is 27.2 Å². The number of nitrogens with one attached hydrogen (secondary N) is 2. The molecule has 0 saturated carbocycles. The van der Waals surface area contributed by atoms with E-state index in [-0.39, 0.29) is 24.0 Å². The van der Waals surface area contributed by atoms with Crippen molar-refractivity contribution in [1.29, 1.82) is 0 Å². The van der Waals surface area contributed by atoms with Gasteiger partial charge in [-0.05, 0) is 59.7 Å². The van der Waals surface area contributed by atoms with Gasteiger partial charge in [0.1, 0.15) is 11.5 Å². The summed E-state index contributed by atoms with van der Waals surface area (Å²) in [6.07, 6.45) is 2.85. The van der Waals surface area contributed by atoms with Crippen LogP contribution in [0.3, 0.4) is 0 Å². The number of rotatable bonds is 13. The lowest BCUT2D eigenvalue weighted by molar-refractivity contribution is -0.123. The zero-order valence-corrected chi connectivity index (χ0v) is 22.3. The highest BCUT2D eigenvalue weighted by molar-refractivity contribution is 7.89. The topological polar surface area (TPSA) is 130 Å². The average molecular weight is 561 g/mol. The van der Waals surface area contributed by atoms with Gasteiger partial charge in [-0.3, -0.25) is 9.59 Å². The van der Waals surface area contributed by atoms with Crippen LogP contribution in [-0.4, -0.2) is 43.9 Å². The fourth-order valence-corrected chi connectivity index (χ4v) is 4.95. The number of hydrogen-bond donors (Lipinski definition) is 2. The van der Waals surface area contributed by atoms with Gasteiger partial charge in [-0.2, -0.15) is 9.41 Å². The zero-order valence-electron chi connectivity index (χ0n) is 21.5. The first-order valence-electron chi connectivity index (χ1n) is 12.3. The van der Waals surface area contributed by atoms with Gasteiger partial charge in [0.25, 0.3) is 11.8 Å². The molecule has 0 aliphatic carbocycles. The number of carbonyl (C=O) groups excluding carboxylic acids is 2. The third-order valence-corrected chi connectivity index (χ3v) is 7.40. The van der Waals surface area contributed by atoms with Crippen LogP contribution in [0, 0.1) is 0 Å². The molecule has 206 valence electrons. The van der Waals surface area contributed by atoms with E-state index >= 15 is 0 Å². The van der Waals surface area contributed by atoms with Gasteiger partial charge >= 0.3 is 0 Å². The van der Waals surface area contributed by atoms with Gasteiger partial charge in [0.2, 0.25) is 10.0 Å². The summed E-state index contributed by atoms with van der Waals surface area (Å²) in [5, 5.41) is 6.72. The lowest BCUT2D eigenvalue weighted by Gasteiger charge is -2.20. The van der Waals surface area contributed by atoms with Gasteiger partial charge in [-0.25, -0.2) is 13.8 Å². The second kappa shape index (κ2) is 13.9. The van der Waals surface area contributed by atoms with Crippen LogP contribution in [0.2, 0.25) is 0 Å². The molecular weight excluding hydrogens is 532 g/mol. The monoisotopic (exact) mass is 560 g/mol. The Hall–Kier alpha value is -4.74. The molecule has 10 nitrogen and oxygen atoms in total. The molecule has 0 saturated heterocycles. The van der Waals surface area contributed by atoms with E-state index in [0.717, 1.165) is 9.87 Å². The number of amides is 2. The quantitative estimate of drug-likeness (QED) is 0.191. The summed E-state index contributed by atoms with van der Waals surface area (Å²) in [5.41, 5.74) is 4.01. The van der Waals surface area contributed by atoms with E-state index in [1.54, 1.807) is 54.6 Å². The molecule has 0 radical (unpaired) electrons. The fourth-order valence-electron chi connectivity index (χ4n) is 3.56. The molecule has 3 aromatic carbocycles.